The number of benzene rings is 1. The molecule has 1 saturated heterocycles. The first-order valence-electron chi connectivity index (χ1n) is 7.42. The Kier molecular flexibility index (Phi) is 2.77. The number of hydrogen-bond acceptors (Lipinski definition) is 2. The van der Waals surface area contributed by atoms with E-state index in [4.69, 9.17) is 0 Å². The first kappa shape index (κ1) is 12.0. The van der Waals surface area contributed by atoms with Crippen molar-refractivity contribution in [3.63, 3.8) is 0 Å². The van der Waals surface area contributed by atoms with E-state index in [1.165, 1.54) is 12.8 Å². The molecule has 4 rings (SSSR count). The molecule has 1 N–H and O–H groups in total. The number of para-hydroxylation sites is 1. The number of aromatic amines is 1. The quantitative estimate of drug-likeness (QED) is 0.906. The Morgan fingerprint density at radius 3 is 2.60 bits per heavy atom. The maximum absolute atomic E-state index is 12.7. The molecule has 1 aromatic carbocycles. The average Bonchev–Trinajstić information content (AvgIpc) is 3.26. The van der Waals surface area contributed by atoms with Crippen LogP contribution in [0.15, 0.2) is 30.5 Å². The predicted octanol–water partition coefficient (Wildman–Crippen LogP) is 2.09. The van der Waals surface area contributed by atoms with Crippen LogP contribution in [0.4, 0.5) is 0 Å². The smallest absolute Gasteiger partial charge is 0.256 e. The summed E-state index contributed by atoms with van der Waals surface area (Å²) >= 11 is 0. The van der Waals surface area contributed by atoms with E-state index in [2.05, 4.69) is 9.88 Å². The van der Waals surface area contributed by atoms with Crippen molar-refractivity contribution in [3.05, 3.63) is 36.0 Å². The summed E-state index contributed by atoms with van der Waals surface area (Å²) in [6.45, 7) is 3.77. The molecule has 1 saturated carbocycles. The van der Waals surface area contributed by atoms with Crippen LogP contribution < -0.4 is 0 Å². The highest BCUT2D eigenvalue weighted by Gasteiger charge is 2.32. The number of H-pyrrole nitrogens is 1. The lowest BCUT2D eigenvalue weighted by molar-refractivity contribution is 0.0629. The van der Waals surface area contributed by atoms with Crippen LogP contribution in [0.3, 0.4) is 0 Å². The molecule has 104 valence electrons. The van der Waals surface area contributed by atoms with Crippen LogP contribution in [0.2, 0.25) is 0 Å². The van der Waals surface area contributed by atoms with E-state index >= 15 is 0 Å². The SMILES string of the molecule is O=C(c1c[nH]c2ccccc12)N1CCN(C2CC2)CC1. The molecule has 2 heterocycles. The number of fused-ring (bicyclic) bond motifs is 1. The molecule has 20 heavy (non-hydrogen) atoms. The molecule has 4 heteroatoms. The predicted molar refractivity (Wildman–Crippen MR) is 78.8 cm³/mol. The average molecular weight is 269 g/mol. The first-order valence-corrected chi connectivity index (χ1v) is 7.42. The zero-order chi connectivity index (χ0) is 13.5. The van der Waals surface area contributed by atoms with Crippen molar-refractivity contribution in [1.29, 1.82) is 0 Å². The van der Waals surface area contributed by atoms with Gasteiger partial charge in [-0.05, 0) is 18.9 Å². The van der Waals surface area contributed by atoms with E-state index in [1.807, 2.05) is 35.4 Å². The van der Waals surface area contributed by atoms with Crippen molar-refractivity contribution in [2.45, 2.75) is 18.9 Å². The second-order valence-corrected chi connectivity index (χ2v) is 5.81. The Morgan fingerprint density at radius 2 is 1.85 bits per heavy atom. The summed E-state index contributed by atoms with van der Waals surface area (Å²) in [5.41, 5.74) is 1.84. The summed E-state index contributed by atoms with van der Waals surface area (Å²) in [7, 11) is 0. The van der Waals surface area contributed by atoms with Gasteiger partial charge in [-0.15, -0.1) is 0 Å². The van der Waals surface area contributed by atoms with Gasteiger partial charge in [0.25, 0.3) is 5.91 Å². The lowest BCUT2D eigenvalue weighted by Crippen LogP contribution is -2.49. The summed E-state index contributed by atoms with van der Waals surface area (Å²) < 4.78 is 0. The molecular formula is C16H19N3O. The molecule has 1 amide bonds. The number of rotatable bonds is 2. The molecule has 0 atom stereocenters. The van der Waals surface area contributed by atoms with E-state index in [0.717, 1.165) is 48.7 Å². The van der Waals surface area contributed by atoms with Gasteiger partial charge in [-0.2, -0.15) is 0 Å². The van der Waals surface area contributed by atoms with Crippen molar-refractivity contribution in [1.82, 2.24) is 14.8 Å². The van der Waals surface area contributed by atoms with Gasteiger partial charge in [-0.3, -0.25) is 9.69 Å². The largest absolute Gasteiger partial charge is 0.360 e. The minimum atomic E-state index is 0.165. The van der Waals surface area contributed by atoms with Crippen molar-refractivity contribution < 1.29 is 4.79 Å². The van der Waals surface area contributed by atoms with Crippen molar-refractivity contribution in [3.8, 4) is 0 Å². The molecule has 4 nitrogen and oxygen atoms in total. The van der Waals surface area contributed by atoms with Crippen LogP contribution >= 0.6 is 0 Å². The molecule has 2 aliphatic rings. The van der Waals surface area contributed by atoms with E-state index in [-0.39, 0.29) is 5.91 Å². The number of amides is 1. The second-order valence-electron chi connectivity index (χ2n) is 5.81. The van der Waals surface area contributed by atoms with Gasteiger partial charge in [0.2, 0.25) is 0 Å². The van der Waals surface area contributed by atoms with Crippen molar-refractivity contribution in [2.24, 2.45) is 0 Å². The van der Waals surface area contributed by atoms with Gasteiger partial charge in [-0.1, -0.05) is 18.2 Å². The Bertz CT molecular complexity index is 636. The number of piperazine rings is 1. The van der Waals surface area contributed by atoms with Crippen LogP contribution in [0.5, 0.6) is 0 Å². The van der Waals surface area contributed by atoms with E-state index in [9.17, 15) is 4.79 Å². The number of nitrogens with zero attached hydrogens (tertiary/aromatic N) is 2. The molecule has 2 aromatic rings. The topological polar surface area (TPSA) is 39.3 Å². The Labute approximate surface area is 118 Å². The van der Waals surface area contributed by atoms with Crippen molar-refractivity contribution in [2.75, 3.05) is 26.2 Å². The van der Waals surface area contributed by atoms with Gasteiger partial charge < -0.3 is 9.88 Å². The lowest BCUT2D eigenvalue weighted by atomic mass is 10.1. The third kappa shape index (κ3) is 2.00. The third-order valence-corrected chi connectivity index (χ3v) is 4.48. The Morgan fingerprint density at radius 1 is 1.10 bits per heavy atom. The zero-order valence-electron chi connectivity index (χ0n) is 11.5. The lowest BCUT2D eigenvalue weighted by Gasteiger charge is -2.34. The monoisotopic (exact) mass is 269 g/mol. The highest BCUT2D eigenvalue weighted by atomic mass is 16.2. The molecule has 1 aliphatic carbocycles. The fraction of sp³-hybridized carbons (Fsp3) is 0.438. The first-order chi connectivity index (χ1) is 9.83. The Hall–Kier alpha value is -1.81. The number of carbonyl (C=O) groups excluding carboxylic acids is 1. The maximum Gasteiger partial charge on any atom is 0.256 e. The van der Waals surface area contributed by atoms with E-state index in [0.29, 0.717) is 0 Å². The molecule has 0 bridgehead atoms. The summed E-state index contributed by atoms with van der Waals surface area (Å²) in [5.74, 6) is 0.165. The van der Waals surface area contributed by atoms with Gasteiger partial charge in [0, 0.05) is 49.3 Å². The maximum atomic E-state index is 12.7. The van der Waals surface area contributed by atoms with Crippen LogP contribution in [0.25, 0.3) is 10.9 Å². The normalized spacial score (nSPS) is 20.5. The summed E-state index contributed by atoms with van der Waals surface area (Å²) in [5, 5.41) is 1.03. The highest BCUT2D eigenvalue weighted by molar-refractivity contribution is 6.06. The van der Waals surface area contributed by atoms with E-state index in [1.54, 1.807) is 0 Å². The summed E-state index contributed by atoms with van der Waals surface area (Å²) in [6.07, 6.45) is 4.53. The fourth-order valence-electron chi connectivity index (χ4n) is 3.15. The molecule has 2 fully saturated rings. The Balaban J connectivity index is 1.52. The summed E-state index contributed by atoms with van der Waals surface area (Å²) in [4.78, 5) is 20.4. The van der Waals surface area contributed by atoms with Gasteiger partial charge in [0.05, 0.1) is 5.56 Å². The summed E-state index contributed by atoms with van der Waals surface area (Å²) in [6, 6.07) is 8.80. The number of carbonyl (C=O) groups is 1. The van der Waals surface area contributed by atoms with E-state index < -0.39 is 0 Å². The molecule has 0 spiro atoms. The standard InChI is InChI=1S/C16H19N3O/c20-16(14-11-17-15-4-2-1-3-13(14)15)19-9-7-18(8-10-19)12-5-6-12/h1-4,11-12,17H,5-10H2. The zero-order valence-corrected chi connectivity index (χ0v) is 11.5. The van der Waals surface area contributed by atoms with Gasteiger partial charge >= 0.3 is 0 Å². The van der Waals surface area contributed by atoms with Gasteiger partial charge in [0.1, 0.15) is 0 Å². The molecule has 0 unspecified atom stereocenters. The highest BCUT2D eigenvalue weighted by Crippen LogP contribution is 2.28. The van der Waals surface area contributed by atoms with Gasteiger partial charge in [0.15, 0.2) is 0 Å². The van der Waals surface area contributed by atoms with Crippen LogP contribution in [0.1, 0.15) is 23.2 Å². The van der Waals surface area contributed by atoms with Crippen LogP contribution in [-0.2, 0) is 0 Å². The van der Waals surface area contributed by atoms with Crippen LogP contribution in [-0.4, -0.2) is 52.9 Å². The van der Waals surface area contributed by atoms with Crippen LogP contribution in [0, 0.1) is 0 Å². The third-order valence-electron chi connectivity index (χ3n) is 4.48. The minimum Gasteiger partial charge on any atom is -0.360 e. The fourth-order valence-corrected chi connectivity index (χ4v) is 3.15. The molecular weight excluding hydrogens is 250 g/mol. The van der Waals surface area contributed by atoms with Gasteiger partial charge in [-0.25, -0.2) is 0 Å². The number of aromatic nitrogens is 1. The molecule has 1 aromatic heterocycles. The number of hydrogen-bond donors (Lipinski definition) is 1. The second kappa shape index (κ2) is 4.63. The van der Waals surface area contributed by atoms with Crippen molar-refractivity contribution >= 4 is 16.8 Å². The molecule has 0 radical (unpaired) electrons. The number of nitrogens with one attached hydrogen (secondary N) is 1. The molecule has 1 aliphatic heterocycles. The minimum absolute atomic E-state index is 0.165.